The van der Waals surface area contributed by atoms with E-state index < -0.39 is 27.7 Å². The third-order valence-electron chi connectivity index (χ3n) is 4.77. The molecular formula is C19H21F2N3O3S. The largest absolute Gasteiger partial charge is 0.325 e. The van der Waals surface area contributed by atoms with E-state index in [1.807, 2.05) is 4.90 Å². The molecule has 1 aliphatic heterocycles. The Morgan fingerprint density at radius 3 is 2.25 bits per heavy atom. The lowest BCUT2D eigenvalue weighted by atomic mass is 10.2. The molecule has 2 aromatic carbocycles. The van der Waals surface area contributed by atoms with Crippen LogP contribution in [0.4, 0.5) is 14.5 Å². The van der Waals surface area contributed by atoms with Crippen LogP contribution < -0.4 is 5.32 Å². The highest BCUT2D eigenvalue weighted by Crippen LogP contribution is 2.19. The highest BCUT2D eigenvalue weighted by molar-refractivity contribution is 7.89. The van der Waals surface area contributed by atoms with E-state index in [1.165, 1.54) is 10.4 Å². The molecule has 1 heterocycles. The average molecular weight is 409 g/mol. The van der Waals surface area contributed by atoms with Gasteiger partial charge in [0.25, 0.3) is 0 Å². The van der Waals surface area contributed by atoms with E-state index in [2.05, 4.69) is 5.32 Å². The number of halogens is 2. The molecule has 1 amide bonds. The Balaban J connectivity index is 1.59. The molecular weight excluding hydrogens is 388 g/mol. The average Bonchev–Trinajstić information content (AvgIpc) is 2.71. The van der Waals surface area contributed by atoms with Crippen LogP contribution in [0, 0.1) is 11.6 Å². The van der Waals surface area contributed by atoms with E-state index in [9.17, 15) is 22.0 Å². The molecule has 0 aliphatic carbocycles. The Labute approximate surface area is 162 Å². The summed E-state index contributed by atoms with van der Waals surface area (Å²) in [6, 6.07) is 10.8. The van der Waals surface area contributed by atoms with Crippen molar-refractivity contribution in [3.63, 3.8) is 0 Å². The molecule has 0 saturated carbocycles. The van der Waals surface area contributed by atoms with Gasteiger partial charge < -0.3 is 5.32 Å². The molecule has 2 aromatic rings. The third-order valence-corrected chi connectivity index (χ3v) is 6.68. The number of piperazine rings is 1. The topological polar surface area (TPSA) is 69.7 Å². The Morgan fingerprint density at radius 2 is 1.64 bits per heavy atom. The van der Waals surface area contributed by atoms with Gasteiger partial charge in [-0.15, -0.1) is 0 Å². The number of nitrogens with zero attached hydrogens (tertiary/aromatic N) is 2. The van der Waals surface area contributed by atoms with E-state index >= 15 is 0 Å². The van der Waals surface area contributed by atoms with E-state index in [1.54, 1.807) is 37.3 Å². The van der Waals surface area contributed by atoms with Crippen LogP contribution >= 0.6 is 0 Å². The highest BCUT2D eigenvalue weighted by Gasteiger charge is 2.31. The normalized spacial score (nSPS) is 17.2. The van der Waals surface area contributed by atoms with Gasteiger partial charge in [0.15, 0.2) is 11.6 Å². The van der Waals surface area contributed by atoms with Crippen molar-refractivity contribution in [2.45, 2.75) is 17.9 Å². The van der Waals surface area contributed by atoms with Crippen LogP contribution in [0.1, 0.15) is 6.92 Å². The van der Waals surface area contributed by atoms with Crippen molar-refractivity contribution < 1.29 is 22.0 Å². The van der Waals surface area contributed by atoms with Gasteiger partial charge in [-0.1, -0.05) is 18.2 Å². The van der Waals surface area contributed by atoms with Gasteiger partial charge in [-0.25, -0.2) is 17.2 Å². The Bertz CT molecular complexity index is 946. The van der Waals surface area contributed by atoms with E-state index in [4.69, 9.17) is 0 Å². The van der Waals surface area contributed by atoms with Crippen LogP contribution in [-0.4, -0.2) is 55.8 Å². The number of carbonyl (C=O) groups is 1. The molecule has 3 rings (SSSR count). The molecule has 150 valence electrons. The molecule has 9 heteroatoms. The van der Waals surface area contributed by atoms with E-state index in [-0.39, 0.29) is 29.6 Å². The lowest BCUT2D eigenvalue weighted by molar-refractivity contribution is -0.121. The van der Waals surface area contributed by atoms with Gasteiger partial charge in [-0.05, 0) is 31.2 Å². The zero-order chi connectivity index (χ0) is 20.3. The minimum Gasteiger partial charge on any atom is -0.325 e. The minimum absolute atomic E-state index is 0.168. The van der Waals surface area contributed by atoms with Crippen LogP contribution in [0.25, 0.3) is 0 Å². The summed E-state index contributed by atoms with van der Waals surface area (Å²) in [5.41, 5.74) is 0.168. The summed E-state index contributed by atoms with van der Waals surface area (Å²) in [7, 11) is -3.56. The maximum Gasteiger partial charge on any atom is 0.243 e. The molecule has 1 N–H and O–H groups in total. The van der Waals surface area contributed by atoms with Crippen molar-refractivity contribution in [2.24, 2.45) is 0 Å². The Hall–Kier alpha value is -2.36. The monoisotopic (exact) mass is 409 g/mol. The third kappa shape index (κ3) is 4.37. The SMILES string of the molecule is CC(C(=O)Nc1ccc(F)c(F)c1)N1CCN(S(=O)(=O)c2ccccc2)CC1. The smallest absolute Gasteiger partial charge is 0.243 e. The van der Waals surface area contributed by atoms with E-state index in [0.29, 0.717) is 13.1 Å². The van der Waals surface area contributed by atoms with Gasteiger partial charge in [0.05, 0.1) is 10.9 Å². The van der Waals surface area contributed by atoms with Gasteiger partial charge in [0.2, 0.25) is 15.9 Å². The number of rotatable bonds is 5. The predicted octanol–water partition coefficient (Wildman–Crippen LogP) is 2.30. The second-order valence-corrected chi connectivity index (χ2v) is 8.49. The number of amides is 1. The summed E-state index contributed by atoms with van der Waals surface area (Å²) >= 11 is 0. The van der Waals surface area contributed by atoms with Crippen molar-refractivity contribution in [3.8, 4) is 0 Å². The molecule has 0 bridgehead atoms. The van der Waals surface area contributed by atoms with Gasteiger partial charge in [-0.2, -0.15) is 4.31 Å². The number of anilines is 1. The van der Waals surface area contributed by atoms with E-state index in [0.717, 1.165) is 12.1 Å². The van der Waals surface area contributed by atoms with Crippen LogP contribution in [-0.2, 0) is 14.8 Å². The second-order valence-electron chi connectivity index (χ2n) is 6.55. The number of carbonyl (C=O) groups excluding carboxylic acids is 1. The molecule has 1 saturated heterocycles. The first-order chi connectivity index (χ1) is 13.3. The zero-order valence-corrected chi connectivity index (χ0v) is 16.1. The fraction of sp³-hybridized carbons (Fsp3) is 0.316. The van der Waals surface area contributed by atoms with Crippen LogP contribution in [0.15, 0.2) is 53.4 Å². The summed E-state index contributed by atoms with van der Waals surface area (Å²) in [6.45, 7) is 2.99. The number of hydrogen-bond donors (Lipinski definition) is 1. The Morgan fingerprint density at radius 1 is 1.00 bits per heavy atom. The van der Waals surface area contributed by atoms with Gasteiger partial charge >= 0.3 is 0 Å². The summed E-state index contributed by atoms with van der Waals surface area (Å²) < 4.78 is 53.0. The molecule has 6 nitrogen and oxygen atoms in total. The predicted molar refractivity (Wildman–Crippen MR) is 101 cm³/mol. The fourth-order valence-electron chi connectivity index (χ4n) is 3.06. The Kier molecular flexibility index (Phi) is 6.07. The van der Waals surface area contributed by atoms with Crippen molar-refractivity contribution in [2.75, 3.05) is 31.5 Å². The van der Waals surface area contributed by atoms with Gasteiger partial charge in [0, 0.05) is 37.9 Å². The molecule has 0 spiro atoms. The first kappa shape index (κ1) is 20.4. The molecule has 0 radical (unpaired) electrons. The lowest BCUT2D eigenvalue weighted by Crippen LogP contribution is -2.53. The number of sulfonamides is 1. The van der Waals surface area contributed by atoms with Crippen LogP contribution in [0.5, 0.6) is 0 Å². The first-order valence-electron chi connectivity index (χ1n) is 8.84. The lowest BCUT2D eigenvalue weighted by Gasteiger charge is -2.36. The molecule has 0 aromatic heterocycles. The minimum atomic E-state index is -3.56. The zero-order valence-electron chi connectivity index (χ0n) is 15.3. The molecule has 1 fully saturated rings. The fourth-order valence-corrected chi connectivity index (χ4v) is 4.50. The van der Waals surface area contributed by atoms with Crippen LogP contribution in [0.3, 0.4) is 0 Å². The number of nitrogens with one attached hydrogen (secondary N) is 1. The summed E-state index contributed by atoms with van der Waals surface area (Å²) in [6.07, 6.45) is 0. The molecule has 1 aliphatic rings. The standard InChI is InChI=1S/C19H21F2N3O3S/c1-14(19(25)22-15-7-8-17(20)18(21)13-15)23-9-11-24(12-10-23)28(26,27)16-5-3-2-4-6-16/h2-8,13-14H,9-12H2,1H3,(H,22,25). The summed E-state index contributed by atoms with van der Waals surface area (Å²) in [5, 5.41) is 2.56. The molecule has 1 atom stereocenters. The van der Waals surface area contributed by atoms with Crippen molar-refractivity contribution in [3.05, 3.63) is 60.2 Å². The summed E-state index contributed by atoms with van der Waals surface area (Å²) in [4.78, 5) is 14.5. The number of benzene rings is 2. The second kappa shape index (κ2) is 8.34. The molecule has 1 unspecified atom stereocenters. The van der Waals surface area contributed by atoms with Gasteiger partial charge in [-0.3, -0.25) is 9.69 Å². The van der Waals surface area contributed by atoms with Crippen LogP contribution in [0.2, 0.25) is 0 Å². The molecule has 28 heavy (non-hydrogen) atoms. The highest BCUT2D eigenvalue weighted by atomic mass is 32.2. The van der Waals surface area contributed by atoms with Crippen molar-refractivity contribution in [1.29, 1.82) is 0 Å². The van der Waals surface area contributed by atoms with Crippen molar-refractivity contribution in [1.82, 2.24) is 9.21 Å². The maximum absolute atomic E-state index is 13.3. The van der Waals surface area contributed by atoms with Gasteiger partial charge in [0.1, 0.15) is 0 Å². The quantitative estimate of drug-likeness (QED) is 0.823. The summed E-state index contributed by atoms with van der Waals surface area (Å²) in [5.74, 6) is -2.39. The number of hydrogen-bond acceptors (Lipinski definition) is 4. The van der Waals surface area contributed by atoms with Crippen molar-refractivity contribution >= 4 is 21.6 Å². The maximum atomic E-state index is 13.3. The first-order valence-corrected chi connectivity index (χ1v) is 10.3.